The predicted octanol–water partition coefficient (Wildman–Crippen LogP) is 1.54. The van der Waals surface area contributed by atoms with Crippen molar-refractivity contribution in [2.45, 2.75) is 39.7 Å². The van der Waals surface area contributed by atoms with Crippen LogP contribution in [0, 0.1) is 11.8 Å². The number of nitrogens with one attached hydrogen (secondary N) is 1. The van der Waals surface area contributed by atoms with Crippen molar-refractivity contribution in [1.82, 2.24) is 10.2 Å². The number of hydrogen-bond donors (Lipinski definition) is 2. The Morgan fingerprint density at radius 2 is 1.82 bits per heavy atom. The zero-order valence-electron chi connectivity index (χ0n) is 10.8. The largest absolute Gasteiger partial charge is 0.480 e. The van der Waals surface area contributed by atoms with Gasteiger partial charge in [0.15, 0.2) is 0 Å². The van der Waals surface area contributed by atoms with Crippen LogP contribution >= 0.6 is 0 Å². The summed E-state index contributed by atoms with van der Waals surface area (Å²) in [4.78, 5) is 24.6. The molecule has 1 unspecified atom stereocenters. The number of amides is 2. The van der Waals surface area contributed by atoms with Gasteiger partial charge in [0.25, 0.3) is 0 Å². The number of carbonyl (C=O) groups is 2. The number of urea groups is 1. The maximum absolute atomic E-state index is 11.9. The highest BCUT2D eigenvalue weighted by atomic mass is 16.4. The average Bonchev–Trinajstić information content (AvgIpc) is 2.25. The lowest BCUT2D eigenvalue weighted by atomic mass is 9.99. The second-order valence-electron chi connectivity index (χ2n) is 5.18. The Bertz CT molecular complexity index is 283. The van der Waals surface area contributed by atoms with E-state index in [9.17, 15) is 9.59 Å². The summed E-state index contributed by atoms with van der Waals surface area (Å²) in [6.07, 6.45) is 1.99. The first-order valence-electron chi connectivity index (χ1n) is 6.20. The van der Waals surface area contributed by atoms with Gasteiger partial charge in [-0.25, -0.2) is 9.59 Å². The molecule has 17 heavy (non-hydrogen) atoms. The summed E-state index contributed by atoms with van der Waals surface area (Å²) in [5, 5.41) is 11.6. The van der Waals surface area contributed by atoms with Crippen molar-refractivity contribution in [1.29, 1.82) is 0 Å². The smallest absolute Gasteiger partial charge is 0.326 e. The molecule has 98 valence electrons. The molecule has 0 aromatic carbocycles. The fourth-order valence-electron chi connectivity index (χ4n) is 1.95. The number of aliphatic carboxylic acids is 1. The molecule has 0 bridgehead atoms. The standard InChI is InChI=1S/C12H22N2O3/c1-8(2)10(11(15)16)13-12(17)14-6-4-9(3)5-7-14/h8-10H,4-7H2,1-3H3,(H,13,17)(H,15,16). The van der Waals surface area contributed by atoms with Crippen LogP contribution in [0.4, 0.5) is 4.79 Å². The fourth-order valence-corrected chi connectivity index (χ4v) is 1.95. The number of likely N-dealkylation sites (tertiary alicyclic amines) is 1. The Morgan fingerprint density at radius 3 is 2.24 bits per heavy atom. The van der Waals surface area contributed by atoms with Crippen molar-refractivity contribution in [2.24, 2.45) is 11.8 Å². The molecule has 1 aliphatic rings. The van der Waals surface area contributed by atoms with Gasteiger partial charge < -0.3 is 15.3 Å². The van der Waals surface area contributed by atoms with E-state index in [4.69, 9.17) is 5.11 Å². The van der Waals surface area contributed by atoms with E-state index >= 15 is 0 Å². The number of carboxylic acids is 1. The molecule has 1 heterocycles. The van der Waals surface area contributed by atoms with Crippen LogP contribution in [-0.2, 0) is 4.79 Å². The molecule has 1 saturated heterocycles. The van der Waals surface area contributed by atoms with Gasteiger partial charge in [0.2, 0.25) is 0 Å². The van der Waals surface area contributed by atoms with Crippen molar-refractivity contribution in [3.8, 4) is 0 Å². The summed E-state index contributed by atoms with van der Waals surface area (Å²) in [6.45, 7) is 7.19. The lowest BCUT2D eigenvalue weighted by molar-refractivity contribution is -0.140. The highest BCUT2D eigenvalue weighted by Gasteiger charge is 2.27. The molecule has 5 nitrogen and oxygen atoms in total. The first kappa shape index (κ1) is 13.8. The van der Waals surface area contributed by atoms with Crippen LogP contribution in [0.5, 0.6) is 0 Å². The number of hydrogen-bond acceptors (Lipinski definition) is 2. The SMILES string of the molecule is CC1CCN(C(=O)NC(C(=O)O)C(C)C)CC1. The Morgan fingerprint density at radius 1 is 1.29 bits per heavy atom. The van der Waals surface area contributed by atoms with Gasteiger partial charge in [0.05, 0.1) is 0 Å². The molecule has 5 heteroatoms. The average molecular weight is 242 g/mol. The van der Waals surface area contributed by atoms with Gasteiger partial charge in [0.1, 0.15) is 6.04 Å². The summed E-state index contributed by atoms with van der Waals surface area (Å²) in [7, 11) is 0. The Balaban J connectivity index is 2.50. The zero-order valence-corrected chi connectivity index (χ0v) is 10.8. The predicted molar refractivity (Wildman–Crippen MR) is 64.8 cm³/mol. The molecule has 2 N–H and O–H groups in total. The van der Waals surface area contributed by atoms with E-state index in [1.54, 1.807) is 18.7 Å². The molecule has 0 aromatic rings. The molecular formula is C12H22N2O3. The van der Waals surface area contributed by atoms with Crippen LogP contribution in [0.15, 0.2) is 0 Å². The highest BCUT2D eigenvalue weighted by molar-refractivity contribution is 5.82. The highest BCUT2D eigenvalue weighted by Crippen LogP contribution is 2.16. The third kappa shape index (κ3) is 3.91. The Kier molecular flexibility index (Phi) is 4.78. The molecular weight excluding hydrogens is 220 g/mol. The molecule has 1 rings (SSSR count). The topological polar surface area (TPSA) is 69.6 Å². The minimum atomic E-state index is -0.973. The van der Waals surface area contributed by atoms with E-state index in [0.29, 0.717) is 5.92 Å². The maximum Gasteiger partial charge on any atom is 0.326 e. The van der Waals surface area contributed by atoms with Gasteiger partial charge in [-0.05, 0) is 24.7 Å². The first-order valence-corrected chi connectivity index (χ1v) is 6.20. The molecule has 1 fully saturated rings. The van der Waals surface area contributed by atoms with Gasteiger partial charge in [-0.3, -0.25) is 0 Å². The van der Waals surface area contributed by atoms with Crippen molar-refractivity contribution in [3.05, 3.63) is 0 Å². The molecule has 0 aliphatic carbocycles. The van der Waals surface area contributed by atoms with E-state index < -0.39 is 12.0 Å². The van der Waals surface area contributed by atoms with E-state index in [1.807, 2.05) is 0 Å². The molecule has 0 saturated carbocycles. The quantitative estimate of drug-likeness (QED) is 0.788. The molecule has 1 atom stereocenters. The van der Waals surface area contributed by atoms with Gasteiger partial charge in [-0.2, -0.15) is 0 Å². The summed E-state index contributed by atoms with van der Waals surface area (Å²) in [5.74, 6) is -0.432. The number of rotatable bonds is 3. The summed E-state index contributed by atoms with van der Waals surface area (Å²) < 4.78 is 0. The van der Waals surface area contributed by atoms with E-state index in [0.717, 1.165) is 25.9 Å². The summed E-state index contributed by atoms with van der Waals surface area (Å²) in [6, 6.07) is -1.06. The third-order valence-corrected chi connectivity index (χ3v) is 3.28. The van der Waals surface area contributed by atoms with Crippen LogP contribution in [0.1, 0.15) is 33.6 Å². The Hall–Kier alpha value is -1.26. The third-order valence-electron chi connectivity index (χ3n) is 3.28. The van der Waals surface area contributed by atoms with E-state index in [2.05, 4.69) is 12.2 Å². The van der Waals surface area contributed by atoms with Crippen molar-refractivity contribution < 1.29 is 14.7 Å². The second kappa shape index (κ2) is 5.89. The van der Waals surface area contributed by atoms with Crippen molar-refractivity contribution in [2.75, 3.05) is 13.1 Å². The molecule has 2 amide bonds. The minimum Gasteiger partial charge on any atom is -0.480 e. The minimum absolute atomic E-state index is 0.111. The number of carbonyl (C=O) groups excluding carboxylic acids is 1. The van der Waals surface area contributed by atoms with Crippen LogP contribution in [0.25, 0.3) is 0 Å². The summed E-state index contributed by atoms with van der Waals surface area (Å²) >= 11 is 0. The number of nitrogens with zero attached hydrogens (tertiary/aromatic N) is 1. The van der Waals surface area contributed by atoms with Crippen LogP contribution in [0.3, 0.4) is 0 Å². The van der Waals surface area contributed by atoms with Gasteiger partial charge in [-0.1, -0.05) is 20.8 Å². The summed E-state index contributed by atoms with van der Waals surface area (Å²) in [5.41, 5.74) is 0. The van der Waals surface area contributed by atoms with Crippen LogP contribution in [0.2, 0.25) is 0 Å². The van der Waals surface area contributed by atoms with E-state index in [1.165, 1.54) is 0 Å². The second-order valence-corrected chi connectivity index (χ2v) is 5.18. The molecule has 0 aromatic heterocycles. The van der Waals surface area contributed by atoms with Crippen molar-refractivity contribution >= 4 is 12.0 Å². The van der Waals surface area contributed by atoms with Gasteiger partial charge in [0, 0.05) is 13.1 Å². The monoisotopic (exact) mass is 242 g/mol. The normalized spacial score (nSPS) is 19.2. The van der Waals surface area contributed by atoms with E-state index in [-0.39, 0.29) is 11.9 Å². The molecule has 1 aliphatic heterocycles. The van der Waals surface area contributed by atoms with Crippen molar-refractivity contribution in [3.63, 3.8) is 0 Å². The first-order chi connectivity index (χ1) is 7.91. The fraction of sp³-hybridized carbons (Fsp3) is 0.833. The van der Waals surface area contributed by atoms with Crippen LogP contribution < -0.4 is 5.32 Å². The molecule has 0 spiro atoms. The Labute approximate surface area is 102 Å². The van der Waals surface area contributed by atoms with Crippen LogP contribution in [-0.4, -0.2) is 41.1 Å². The lowest BCUT2D eigenvalue weighted by Crippen LogP contribution is -2.51. The van der Waals surface area contributed by atoms with Gasteiger partial charge >= 0.3 is 12.0 Å². The zero-order chi connectivity index (χ0) is 13.0. The number of carboxylic acid groups (broad SMARTS) is 1. The van der Waals surface area contributed by atoms with Gasteiger partial charge in [-0.15, -0.1) is 0 Å². The maximum atomic E-state index is 11.9. The number of piperidine rings is 1. The lowest BCUT2D eigenvalue weighted by Gasteiger charge is -2.31. The molecule has 0 radical (unpaired) electrons.